The third-order valence-electron chi connectivity index (χ3n) is 3.29. The molecule has 0 aromatic carbocycles. The predicted octanol–water partition coefficient (Wildman–Crippen LogP) is 2.91. The first-order valence-electron chi connectivity index (χ1n) is 6.85. The van der Waals surface area contributed by atoms with E-state index in [2.05, 4.69) is 53.3 Å². The smallest absolute Gasteiger partial charge is 0.0367 e. The summed E-state index contributed by atoms with van der Waals surface area (Å²) >= 11 is 0. The summed E-state index contributed by atoms with van der Waals surface area (Å²) < 4.78 is 0. The summed E-state index contributed by atoms with van der Waals surface area (Å²) in [6.45, 7) is 4.46. The molecule has 0 bridgehead atoms. The molecule has 0 aromatic heterocycles. The van der Waals surface area contributed by atoms with Crippen molar-refractivity contribution in [2.75, 3.05) is 33.2 Å². The molecular formula is C17H22N2. The number of nitrogens with zero attached hydrogens (tertiary/aromatic N) is 2. The van der Waals surface area contributed by atoms with Gasteiger partial charge in [-0.15, -0.1) is 0 Å². The summed E-state index contributed by atoms with van der Waals surface area (Å²) in [5.74, 6) is 0. The molecule has 2 heteroatoms. The van der Waals surface area contributed by atoms with Gasteiger partial charge in [0, 0.05) is 31.9 Å². The average Bonchev–Trinajstić information content (AvgIpc) is 2.41. The van der Waals surface area contributed by atoms with Gasteiger partial charge in [-0.3, -0.25) is 0 Å². The molecule has 0 unspecified atom stereocenters. The molecule has 0 saturated carbocycles. The maximum Gasteiger partial charge on any atom is 0.0367 e. The van der Waals surface area contributed by atoms with E-state index in [1.54, 1.807) is 0 Å². The van der Waals surface area contributed by atoms with Gasteiger partial charge in [-0.05, 0) is 19.2 Å². The van der Waals surface area contributed by atoms with Crippen LogP contribution in [0.5, 0.6) is 0 Å². The Hall–Kier alpha value is -1.80. The van der Waals surface area contributed by atoms with Crippen LogP contribution < -0.4 is 0 Å². The van der Waals surface area contributed by atoms with Gasteiger partial charge in [0.05, 0.1) is 0 Å². The summed E-state index contributed by atoms with van der Waals surface area (Å²) in [7, 11) is 2.18. The Bertz CT molecular complexity index is 442. The molecule has 2 aliphatic rings. The van der Waals surface area contributed by atoms with E-state index in [-0.39, 0.29) is 0 Å². The van der Waals surface area contributed by atoms with E-state index in [0.29, 0.717) is 0 Å². The lowest BCUT2D eigenvalue weighted by atomic mass is 10.2. The van der Waals surface area contributed by atoms with Gasteiger partial charge in [-0.2, -0.15) is 0 Å². The highest BCUT2D eigenvalue weighted by molar-refractivity contribution is 5.29. The molecule has 1 aliphatic carbocycles. The lowest BCUT2D eigenvalue weighted by molar-refractivity contribution is 0.190. The number of likely N-dealkylation sites (N-methyl/N-ethyl adjacent to an activating group) is 1. The molecule has 2 nitrogen and oxygen atoms in total. The van der Waals surface area contributed by atoms with Gasteiger partial charge in [-0.25, -0.2) is 0 Å². The predicted molar refractivity (Wildman–Crippen MR) is 82.9 cm³/mol. The summed E-state index contributed by atoms with van der Waals surface area (Å²) in [6, 6.07) is 0. The van der Waals surface area contributed by atoms with E-state index in [1.165, 1.54) is 5.70 Å². The Balaban J connectivity index is 2.11. The van der Waals surface area contributed by atoms with Crippen LogP contribution in [0.15, 0.2) is 72.5 Å². The van der Waals surface area contributed by atoms with Crippen molar-refractivity contribution >= 4 is 0 Å². The van der Waals surface area contributed by atoms with E-state index in [9.17, 15) is 0 Å². The second kappa shape index (κ2) is 7.59. The highest BCUT2D eigenvalue weighted by Crippen LogP contribution is 2.11. The van der Waals surface area contributed by atoms with Gasteiger partial charge in [-0.1, -0.05) is 54.7 Å². The fraction of sp³-hybridized carbons (Fsp3) is 0.294. The van der Waals surface area contributed by atoms with Crippen LogP contribution in [0.1, 0.15) is 0 Å². The summed E-state index contributed by atoms with van der Waals surface area (Å²) in [6.07, 6.45) is 22.9. The lowest BCUT2D eigenvalue weighted by Gasteiger charge is -2.34. The minimum Gasteiger partial charge on any atom is -0.369 e. The molecule has 0 spiro atoms. The average molecular weight is 254 g/mol. The molecule has 1 saturated heterocycles. The van der Waals surface area contributed by atoms with Crippen LogP contribution in [-0.4, -0.2) is 43.0 Å². The maximum absolute atomic E-state index is 2.44. The van der Waals surface area contributed by atoms with Crippen LogP contribution >= 0.6 is 0 Å². The minimum absolute atomic E-state index is 1.10. The van der Waals surface area contributed by atoms with E-state index in [1.807, 2.05) is 30.4 Å². The number of piperazine rings is 1. The van der Waals surface area contributed by atoms with Crippen molar-refractivity contribution < 1.29 is 0 Å². The highest BCUT2D eigenvalue weighted by atomic mass is 15.2. The molecular weight excluding hydrogens is 232 g/mol. The van der Waals surface area contributed by atoms with Crippen LogP contribution in [0, 0.1) is 0 Å². The topological polar surface area (TPSA) is 6.48 Å². The van der Waals surface area contributed by atoms with Crippen LogP contribution in [0.3, 0.4) is 0 Å². The van der Waals surface area contributed by atoms with E-state index in [4.69, 9.17) is 0 Å². The Labute approximate surface area is 116 Å². The molecule has 100 valence electrons. The molecule has 0 atom stereocenters. The summed E-state index contributed by atoms with van der Waals surface area (Å²) in [5.41, 5.74) is 1.28. The van der Waals surface area contributed by atoms with Crippen molar-refractivity contribution in [3.8, 4) is 0 Å². The van der Waals surface area contributed by atoms with Crippen molar-refractivity contribution in [3.05, 3.63) is 72.5 Å². The van der Waals surface area contributed by atoms with Crippen molar-refractivity contribution in [2.24, 2.45) is 0 Å². The first-order chi connectivity index (χ1) is 9.36. The molecule has 19 heavy (non-hydrogen) atoms. The fourth-order valence-corrected chi connectivity index (χ4v) is 2.09. The summed E-state index contributed by atoms with van der Waals surface area (Å²) in [4.78, 5) is 4.82. The third kappa shape index (κ3) is 4.76. The second-order valence-corrected chi connectivity index (χ2v) is 4.78. The van der Waals surface area contributed by atoms with E-state index < -0.39 is 0 Å². The fourth-order valence-electron chi connectivity index (χ4n) is 2.09. The van der Waals surface area contributed by atoms with Crippen LogP contribution in [0.25, 0.3) is 0 Å². The maximum atomic E-state index is 2.44. The quantitative estimate of drug-likeness (QED) is 0.710. The van der Waals surface area contributed by atoms with E-state index in [0.717, 1.165) is 26.2 Å². The van der Waals surface area contributed by atoms with Crippen molar-refractivity contribution in [1.29, 1.82) is 0 Å². The monoisotopic (exact) mass is 254 g/mol. The first-order valence-corrected chi connectivity index (χ1v) is 6.85. The molecule has 0 amide bonds. The largest absolute Gasteiger partial charge is 0.369 e. The van der Waals surface area contributed by atoms with Crippen LogP contribution in [0.2, 0.25) is 0 Å². The number of hydrogen-bond donors (Lipinski definition) is 0. The number of hydrogen-bond acceptors (Lipinski definition) is 2. The van der Waals surface area contributed by atoms with Gasteiger partial charge >= 0.3 is 0 Å². The van der Waals surface area contributed by atoms with Crippen molar-refractivity contribution in [1.82, 2.24) is 9.80 Å². The normalized spacial score (nSPS) is 27.8. The molecule has 2 rings (SSSR count). The van der Waals surface area contributed by atoms with Crippen LogP contribution in [0.4, 0.5) is 0 Å². The molecule has 0 radical (unpaired) electrons. The van der Waals surface area contributed by atoms with Crippen molar-refractivity contribution in [2.45, 2.75) is 0 Å². The molecule has 0 aromatic rings. The Morgan fingerprint density at radius 2 is 1.21 bits per heavy atom. The third-order valence-corrected chi connectivity index (χ3v) is 3.29. The Kier molecular flexibility index (Phi) is 5.45. The highest BCUT2D eigenvalue weighted by Gasteiger charge is 2.13. The molecule has 0 N–H and O–H groups in total. The summed E-state index contributed by atoms with van der Waals surface area (Å²) in [5, 5.41) is 0. The van der Waals surface area contributed by atoms with Crippen molar-refractivity contribution in [3.63, 3.8) is 0 Å². The lowest BCUT2D eigenvalue weighted by Crippen LogP contribution is -2.43. The zero-order valence-corrected chi connectivity index (χ0v) is 11.6. The SMILES string of the molecule is CN1CCN(C2=C\C=C/C=C\C=C/C=C\C=C2)CC1. The van der Waals surface area contributed by atoms with Crippen LogP contribution in [-0.2, 0) is 0 Å². The van der Waals surface area contributed by atoms with Gasteiger partial charge in [0.15, 0.2) is 0 Å². The Morgan fingerprint density at radius 3 is 1.84 bits per heavy atom. The standard InChI is InChI=1S/C17H22N2/c1-18-13-15-19(16-14-18)17-11-9-7-5-3-2-4-6-8-10-12-17/h2-12H,13-16H2,1H3/b3-2-,4-2?,5-3?,6-4-,7-5-,8-6?,9-7?,10-8-,11-9?,12-10?,17-11?,17-12?. The Morgan fingerprint density at radius 1 is 0.684 bits per heavy atom. The van der Waals surface area contributed by atoms with Gasteiger partial charge < -0.3 is 9.80 Å². The minimum atomic E-state index is 1.10. The first kappa shape index (κ1) is 13.6. The van der Waals surface area contributed by atoms with E-state index >= 15 is 0 Å². The van der Waals surface area contributed by atoms with Gasteiger partial charge in [0.2, 0.25) is 0 Å². The van der Waals surface area contributed by atoms with Gasteiger partial charge in [0.25, 0.3) is 0 Å². The number of rotatable bonds is 1. The molecule has 1 heterocycles. The second-order valence-electron chi connectivity index (χ2n) is 4.78. The number of allylic oxidation sites excluding steroid dienone is 11. The zero-order valence-electron chi connectivity index (χ0n) is 11.6. The molecule has 1 fully saturated rings. The van der Waals surface area contributed by atoms with Gasteiger partial charge in [0.1, 0.15) is 0 Å². The molecule has 1 aliphatic heterocycles. The zero-order chi connectivity index (χ0) is 13.3.